The molecule has 0 saturated carbocycles. The Labute approximate surface area is 145 Å². The van der Waals surface area contributed by atoms with Crippen LogP contribution < -0.4 is 10.6 Å². The zero-order valence-electron chi connectivity index (χ0n) is 12.1. The SMILES string of the molecule is CC(NC(=O)c1ccccc1)C(=O)Nc1cc(F)c(I)c(F)c1. The molecule has 7 heteroatoms. The van der Waals surface area contributed by atoms with Crippen molar-refractivity contribution in [1.29, 1.82) is 0 Å². The number of rotatable bonds is 4. The maximum atomic E-state index is 13.5. The molecule has 0 aliphatic heterocycles. The van der Waals surface area contributed by atoms with Crippen molar-refractivity contribution in [2.75, 3.05) is 5.32 Å². The van der Waals surface area contributed by atoms with Crippen LogP contribution in [0.3, 0.4) is 0 Å². The number of hydrogen-bond acceptors (Lipinski definition) is 2. The van der Waals surface area contributed by atoms with E-state index in [2.05, 4.69) is 10.6 Å². The lowest BCUT2D eigenvalue weighted by Crippen LogP contribution is -2.41. The Hall–Kier alpha value is -2.03. The maximum Gasteiger partial charge on any atom is 0.251 e. The van der Waals surface area contributed by atoms with Gasteiger partial charge >= 0.3 is 0 Å². The van der Waals surface area contributed by atoms with E-state index in [4.69, 9.17) is 0 Å². The number of benzene rings is 2. The van der Waals surface area contributed by atoms with E-state index in [1.807, 2.05) is 0 Å². The van der Waals surface area contributed by atoms with E-state index in [0.717, 1.165) is 12.1 Å². The zero-order valence-corrected chi connectivity index (χ0v) is 14.2. The van der Waals surface area contributed by atoms with Gasteiger partial charge in [-0.2, -0.15) is 0 Å². The highest BCUT2D eigenvalue weighted by Gasteiger charge is 2.18. The van der Waals surface area contributed by atoms with Gasteiger partial charge in [0.1, 0.15) is 17.7 Å². The Morgan fingerprint density at radius 2 is 1.65 bits per heavy atom. The van der Waals surface area contributed by atoms with E-state index in [1.54, 1.807) is 30.3 Å². The van der Waals surface area contributed by atoms with Crippen molar-refractivity contribution in [3.05, 3.63) is 63.2 Å². The minimum atomic E-state index is -0.867. The number of hydrogen-bond donors (Lipinski definition) is 2. The van der Waals surface area contributed by atoms with Crippen molar-refractivity contribution in [2.45, 2.75) is 13.0 Å². The standard InChI is InChI=1S/C16H13F2IN2O2/c1-9(20-16(23)10-5-3-2-4-6-10)15(22)21-11-7-12(17)14(19)13(18)8-11/h2-9H,1H3,(H,20,23)(H,21,22). The van der Waals surface area contributed by atoms with Crippen LogP contribution >= 0.6 is 22.6 Å². The third kappa shape index (κ3) is 4.47. The summed E-state index contributed by atoms with van der Waals surface area (Å²) in [6, 6.07) is 9.59. The van der Waals surface area contributed by atoms with Crippen molar-refractivity contribution in [2.24, 2.45) is 0 Å². The molecule has 0 aliphatic carbocycles. The van der Waals surface area contributed by atoms with Gasteiger partial charge in [-0.05, 0) is 53.8 Å². The van der Waals surface area contributed by atoms with Gasteiger partial charge < -0.3 is 10.6 Å². The van der Waals surface area contributed by atoms with E-state index in [1.165, 1.54) is 29.5 Å². The highest BCUT2D eigenvalue weighted by atomic mass is 127. The summed E-state index contributed by atoms with van der Waals surface area (Å²) in [7, 11) is 0. The van der Waals surface area contributed by atoms with Crippen LogP contribution in [0.15, 0.2) is 42.5 Å². The Kier molecular flexibility index (Phi) is 5.64. The first-order valence-electron chi connectivity index (χ1n) is 6.70. The smallest absolute Gasteiger partial charge is 0.251 e. The fourth-order valence-electron chi connectivity index (χ4n) is 1.81. The third-order valence-electron chi connectivity index (χ3n) is 3.03. The van der Waals surface area contributed by atoms with Crippen LogP contribution in [-0.4, -0.2) is 17.9 Å². The number of amides is 2. The second-order valence-electron chi connectivity index (χ2n) is 4.80. The van der Waals surface area contributed by atoms with Crippen molar-refractivity contribution >= 4 is 40.1 Å². The second kappa shape index (κ2) is 7.49. The molecular weight excluding hydrogens is 417 g/mol. The molecule has 0 spiro atoms. The Balaban J connectivity index is 2.02. The van der Waals surface area contributed by atoms with Crippen LogP contribution in [0.5, 0.6) is 0 Å². The summed E-state index contributed by atoms with van der Waals surface area (Å²) in [6.07, 6.45) is 0. The second-order valence-corrected chi connectivity index (χ2v) is 5.88. The lowest BCUT2D eigenvalue weighted by molar-refractivity contribution is -0.117. The van der Waals surface area contributed by atoms with Crippen molar-refractivity contribution in [1.82, 2.24) is 5.32 Å². The molecule has 120 valence electrons. The fourth-order valence-corrected chi connectivity index (χ4v) is 2.12. The van der Waals surface area contributed by atoms with Gasteiger partial charge in [0, 0.05) is 11.3 Å². The zero-order chi connectivity index (χ0) is 17.0. The van der Waals surface area contributed by atoms with Gasteiger partial charge in [-0.25, -0.2) is 8.78 Å². The lowest BCUT2D eigenvalue weighted by atomic mass is 10.2. The third-order valence-corrected chi connectivity index (χ3v) is 4.06. The summed E-state index contributed by atoms with van der Waals surface area (Å²) < 4.78 is 26.8. The molecule has 23 heavy (non-hydrogen) atoms. The first-order valence-corrected chi connectivity index (χ1v) is 7.77. The summed E-state index contributed by atoms with van der Waals surface area (Å²) in [4.78, 5) is 24.0. The van der Waals surface area contributed by atoms with Gasteiger partial charge in [0.05, 0.1) is 3.57 Å². The molecule has 2 aromatic carbocycles. The van der Waals surface area contributed by atoms with Gasteiger partial charge in [0.25, 0.3) is 5.91 Å². The average Bonchev–Trinajstić information content (AvgIpc) is 2.53. The van der Waals surface area contributed by atoms with Gasteiger partial charge in [-0.15, -0.1) is 0 Å². The molecule has 0 aromatic heterocycles. The van der Waals surface area contributed by atoms with E-state index >= 15 is 0 Å². The number of nitrogens with one attached hydrogen (secondary N) is 2. The van der Waals surface area contributed by atoms with Crippen molar-refractivity contribution < 1.29 is 18.4 Å². The Morgan fingerprint density at radius 3 is 2.22 bits per heavy atom. The monoisotopic (exact) mass is 430 g/mol. The predicted molar refractivity (Wildman–Crippen MR) is 91.1 cm³/mol. The molecule has 0 aliphatic rings. The van der Waals surface area contributed by atoms with Crippen LogP contribution in [0.25, 0.3) is 0 Å². The van der Waals surface area contributed by atoms with Crippen LogP contribution in [0.4, 0.5) is 14.5 Å². The highest BCUT2D eigenvalue weighted by Crippen LogP contribution is 2.20. The molecular formula is C16H13F2IN2O2. The highest BCUT2D eigenvalue weighted by molar-refractivity contribution is 14.1. The molecule has 0 fully saturated rings. The average molecular weight is 430 g/mol. The molecule has 1 atom stereocenters. The molecule has 0 heterocycles. The van der Waals surface area contributed by atoms with E-state index < -0.39 is 29.5 Å². The van der Waals surface area contributed by atoms with Crippen LogP contribution in [-0.2, 0) is 4.79 Å². The fraction of sp³-hybridized carbons (Fsp3) is 0.125. The number of carbonyl (C=O) groups is 2. The molecule has 2 aromatic rings. The van der Waals surface area contributed by atoms with Crippen molar-refractivity contribution in [3.8, 4) is 0 Å². The summed E-state index contributed by atoms with van der Waals surface area (Å²) in [5.74, 6) is -2.51. The van der Waals surface area contributed by atoms with Gasteiger partial charge in [0.15, 0.2) is 0 Å². The summed E-state index contributed by atoms with van der Waals surface area (Å²) >= 11 is 1.54. The summed E-state index contributed by atoms with van der Waals surface area (Å²) in [5.41, 5.74) is 0.407. The van der Waals surface area contributed by atoms with Gasteiger partial charge in [-0.1, -0.05) is 18.2 Å². The van der Waals surface area contributed by atoms with E-state index in [0.29, 0.717) is 5.56 Å². The number of halogens is 3. The molecule has 2 amide bonds. The summed E-state index contributed by atoms with van der Waals surface area (Å²) in [6.45, 7) is 1.48. The van der Waals surface area contributed by atoms with Gasteiger partial charge in [-0.3, -0.25) is 9.59 Å². The van der Waals surface area contributed by atoms with Crippen LogP contribution in [0.1, 0.15) is 17.3 Å². The molecule has 0 radical (unpaired) electrons. The summed E-state index contributed by atoms with van der Waals surface area (Å²) in [5, 5.41) is 4.89. The van der Waals surface area contributed by atoms with E-state index in [9.17, 15) is 18.4 Å². The number of carbonyl (C=O) groups excluding carboxylic acids is 2. The molecule has 0 saturated heterocycles. The number of anilines is 1. The largest absolute Gasteiger partial charge is 0.341 e. The van der Waals surface area contributed by atoms with Crippen LogP contribution in [0.2, 0.25) is 0 Å². The minimum Gasteiger partial charge on any atom is -0.341 e. The van der Waals surface area contributed by atoms with Crippen LogP contribution in [0, 0.1) is 15.2 Å². The molecule has 2 rings (SSSR count). The van der Waals surface area contributed by atoms with Crippen molar-refractivity contribution in [3.63, 3.8) is 0 Å². The normalized spacial score (nSPS) is 11.7. The first-order chi connectivity index (χ1) is 10.9. The Bertz CT molecular complexity index is 715. The molecule has 1 unspecified atom stereocenters. The molecule has 2 N–H and O–H groups in total. The minimum absolute atomic E-state index is 0.00812. The molecule has 0 bridgehead atoms. The lowest BCUT2D eigenvalue weighted by Gasteiger charge is -2.14. The van der Waals surface area contributed by atoms with E-state index in [-0.39, 0.29) is 9.26 Å². The van der Waals surface area contributed by atoms with Gasteiger partial charge in [0.2, 0.25) is 5.91 Å². The topological polar surface area (TPSA) is 58.2 Å². The quantitative estimate of drug-likeness (QED) is 0.578. The first kappa shape index (κ1) is 17.3. The maximum absolute atomic E-state index is 13.5. The molecule has 4 nitrogen and oxygen atoms in total. The Morgan fingerprint density at radius 1 is 1.09 bits per heavy atom. The predicted octanol–water partition coefficient (Wildman–Crippen LogP) is 3.33.